The highest BCUT2D eigenvalue weighted by Gasteiger charge is 2.12. The minimum atomic E-state index is -0.237. The molecule has 1 aromatic carbocycles. The van der Waals surface area contributed by atoms with Crippen molar-refractivity contribution in [3.8, 4) is 10.6 Å². The Morgan fingerprint density at radius 3 is 2.94 bits per heavy atom. The van der Waals surface area contributed by atoms with E-state index in [0.717, 1.165) is 27.3 Å². The van der Waals surface area contributed by atoms with Gasteiger partial charge in [0.2, 0.25) is 0 Å². The van der Waals surface area contributed by atoms with Crippen molar-refractivity contribution in [2.24, 2.45) is 0 Å². The van der Waals surface area contributed by atoms with E-state index < -0.39 is 0 Å². The van der Waals surface area contributed by atoms with Crippen molar-refractivity contribution in [1.29, 1.82) is 0 Å². The van der Waals surface area contributed by atoms with E-state index in [1.165, 1.54) is 22.3 Å². The molecule has 0 N–H and O–H groups in total. The molecule has 0 bridgehead atoms. The first-order valence-corrected chi connectivity index (χ1v) is 7.38. The Kier molecular flexibility index (Phi) is 4.22. The number of thiazole rings is 1. The Labute approximate surface area is 118 Å². The summed E-state index contributed by atoms with van der Waals surface area (Å²) < 4.78 is 14.6. The van der Waals surface area contributed by atoms with Gasteiger partial charge < -0.3 is 0 Å². The van der Waals surface area contributed by atoms with Crippen LogP contribution in [0, 0.1) is 12.7 Å². The number of nitrogens with zero attached hydrogens (tertiary/aromatic N) is 1. The lowest BCUT2D eigenvalue weighted by atomic mass is 10.2. The maximum atomic E-state index is 13.7. The Morgan fingerprint density at radius 1 is 1.47 bits per heavy atom. The van der Waals surface area contributed by atoms with E-state index in [2.05, 4.69) is 33.5 Å². The van der Waals surface area contributed by atoms with E-state index >= 15 is 0 Å². The SMILES string of the molecule is Cc1nc(-c2cc(Br)ccc2F)sc1CCS. The lowest BCUT2D eigenvalue weighted by molar-refractivity contribution is 0.631. The molecule has 0 amide bonds. The van der Waals surface area contributed by atoms with Gasteiger partial charge in [0.1, 0.15) is 10.8 Å². The summed E-state index contributed by atoms with van der Waals surface area (Å²) in [5, 5.41) is 0.734. The third-order valence-corrected chi connectivity index (χ3v) is 4.36. The van der Waals surface area contributed by atoms with Crippen molar-refractivity contribution in [2.75, 3.05) is 5.75 Å². The summed E-state index contributed by atoms with van der Waals surface area (Å²) in [5.74, 6) is 0.544. The average Bonchev–Trinajstić information content (AvgIpc) is 2.64. The summed E-state index contributed by atoms with van der Waals surface area (Å²) in [6.45, 7) is 1.95. The van der Waals surface area contributed by atoms with Crippen LogP contribution in [0.3, 0.4) is 0 Å². The van der Waals surface area contributed by atoms with Gasteiger partial charge in [-0.3, -0.25) is 0 Å². The number of benzene rings is 1. The Bertz CT molecular complexity index is 539. The number of thiol groups is 1. The van der Waals surface area contributed by atoms with Gasteiger partial charge in [-0.05, 0) is 37.3 Å². The lowest BCUT2D eigenvalue weighted by Gasteiger charge is -1.99. The van der Waals surface area contributed by atoms with Crippen LogP contribution < -0.4 is 0 Å². The number of hydrogen-bond donors (Lipinski definition) is 1. The molecule has 17 heavy (non-hydrogen) atoms. The van der Waals surface area contributed by atoms with Crippen molar-refractivity contribution in [3.63, 3.8) is 0 Å². The van der Waals surface area contributed by atoms with Gasteiger partial charge in [0, 0.05) is 14.9 Å². The maximum Gasteiger partial charge on any atom is 0.133 e. The van der Waals surface area contributed by atoms with Gasteiger partial charge in [-0.25, -0.2) is 9.37 Å². The van der Waals surface area contributed by atoms with Crippen LogP contribution in [0.15, 0.2) is 22.7 Å². The molecule has 0 aliphatic rings. The zero-order chi connectivity index (χ0) is 12.4. The predicted molar refractivity (Wildman–Crippen MR) is 77.5 cm³/mol. The molecular formula is C12H11BrFNS2. The molecule has 2 aromatic rings. The molecule has 0 aliphatic carbocycles. The van der Waals surface area contributed by atoms with Gasteiger partial charge >= 0.3 is 0 Å². The third kappa shape index (κ3) is 2.89. The highest BCUT2D eigenvalue weighted by Crippen LogP contribution is 2.31. The zero-order valence-corrected chi connectivity index (χ0v) is 12.5. The Hall–Kier alpha value is -0.390. The van der Waals surface area contributed by atoms with Crippen molar-refractivity contribution in [2.45, 2.75) is 13.3 Å². The minimum Gasteiger partial charge on any atom is -0.241 e. The van der Waals surface area contributed by atoms with Crippen LogP contribution in [-0.4, -0.2) is 10.7 Å². The molecule has 5 heteroatoms. The number of hydrogen-bond acceptors (Lipinski definition) is 3. The quantitative estimate of drug-likeness (QED) is 0.817. The first-order valence-electron chi connectivity index (χ1n) is 5.14. The maximum absolute atomic E-state index is 13.7. The van der Waals surface area contributed by atoms with E-state index in [4.69, 9.17) is 0 Å². The largest absolute Gasteiger partial charge is 0.241 e. The third-order valence-electron chi connectivity index (χ3n) is 2.39. The Balaban J connectivity index is 2.45. The van der Waals surface area contributed by atoms with Crippen LogP contribution in [0.1, 0.15) is 10.6 Å². The topological polar surface area (TPSA) is 12.9 Å². The number of halogens is 2. The van der Waals surface area contributed by atoms with Gasteiger partial charge in [-0.2, -0.15) is 12.6 Å². The molecule has 0 saturated carbocycles. The smallest absolute Gasteiger partial charge is 0.133 e. The van der Waals surface area contributed by atoms with Gasteiger partial charge in [-0.15, -0.1) is 11.3 Å². The molecule has 2 rings (SSSR count). The van der Waals surface area contributed by atoms with Gasteiger partial charge in [-0.1, -0.05) is 15.9 Å². The number of aryl methyl sites for hydroxylation is 2. The van der Waals surface area contributed by atoms with Crippen molar-refractivity contribution >= 4 is 39.9 Å². The second-order valence-electron chi connectivity index (χ2n) is 3.63. The van der Waals surface area contributed by atoms with E-state index in [-0.39, 0.29) is 5.82 Å². The number of rotatable bonds is 3. The molecule has 0 aliphatic heterocycles. The minimum absolute atomic E-state index is 0.237. The molecular weight excluding hydrogens is 321 g/mol. The van der Waals surface area contributed by atoms with Crippen molar-refractivity contribution < 1.29 is 4.39 Å². The molecule has 1 aromatic heterocycles. The second-order valence-corrected chi connectivity index (χ2v) is 6.07. The van der Waals surface area contributed by atoms with Crippen molar-refractivity contribution in [3.05, 3.63) is 39.1 Å². The van der Waals surface area contributed by atoms with Gasteiger partial charge in [0.15, 0.2) is 0 Å². The second kappa shape index (κ2) is 5.50. The average molecular weight is 332 g/mol. The fourth-order valence-corrected chi connectivity index (χ4v) is 3.35. The first kappa shape index (κ1) is 13.1. The predicted octanol–water partition coefficient (Wildman–Crippen LogP) is 4.49. The summed E-state index contributed by atoms with van der Waals surface area (Å²) in [7, 11) is 0. The summed E-state index contributed by atoms with van der Waals surface area (Å²) in [4.78, 5) is 5.60. The van der Waals surface area contributed by atoms with Crippen LogP contribution in [0.5, 0.6) is 0 Å². The fraction of sp³-hybridized carbons (Fsp3) is 0.250. The molecule has 1 heterocycles. The molecule has 0 fully saturated rings. The summed E-state index contributed by atoms with van der Waals surface area (Å²) in [6.07, 6.45) is 0.877. The standard InChI is InChI=1S/C12H11BrFNS2/c1-7-11(4-5-16)17-12(15-7)9-6-8(13)2-3-10(9)14/h2-3,6,16H,4-5H2,1H3. The molecule has 0 atom stereocenters. The lowest BCUT2D eigenvalue weighted by Crippen LogP contribution is -1.85. The van der Waals surface area contributed by atoms with E-state index in [0.29, 0.717) is 5.56 Å². The molecule has 0 unspecified atom stereocenters. The molecule has 0 radical (unpaired) electrons. The summed E-state index contributed by atoms with van der Waals surface area (Å²) >= 11 is 9.10. The van der Waals surface area contributed by atoms with Gasteiger partial charge in [0.25, 0.3) is 0 Å². The van der Waals surface area contributed by atoms with Crippen LogP contribution in [0.2, 0.25) is 0 Å². The highest BCUT2D eigenvalue weighted by molar-refractivity contribution is 9.10. The van der Waals surface area contributed by atoms with E-state index in [1.807, 2.05) is 6.92 Å². The van der Waals surface area contributed by atoms with Crippen molar-refractivity contribution in [1.82, 2.24) is 4.98 Å². The number of aromatic nitrogens is 1. The highest BCUT2D eigenvalue weighted by atomic mass is 79.9. The molecule has 0 saturated heterocycles. The van der Waals surface area contributed by atoms with Crippen LogP contribution in [0.4, 0.5) is 4.39 Å². The summed E-state index contributed by atoms with van der Waals surface area (Å²) in [6, 6.07) is 4.90. The zero-order valence-electron chi connectivity index (χ0n) is 9.20. The molecule has 90 valence electrons. The fourth-order valence-electron chi connectivity index (χ4n) is 1.54. The van der Waals surface area contributed by atoms with E-state index in [9.17, 15) is 4.39 Å². The normalized spacial score (nSPS) is 10.8. The molecule has 1 nitrogen and oxygen atoms in total. The van der Waals surface area contributed by atoms with Crippen LogP contribution >= 0.6 is 39.9 Å². The van der Waals surface area contributed by atoms with Crippen LogP contribution in [0.25, 0.3) is 10.6 Å². The first-order chi connectivity index (χ1) is 8.11. The van der Waals surface area contributed by atoms with Crippen LogP contribution in [-0.2, 0) is 6.42 Å². The Morgan fingerprint density at radius 2 is 2.24 bits per heavy atom. The monoisotopic (exact) mass is 331 g/mol. The van der Waals surface area contributed by atoms with Gasteiger partial charge in [0.05, 0.1) is 5.69 Å². The van der Waals surface area contributed by atoms with E-state index in [1.54, 1.807) is 12.1 Å². The molecule has 0 spiro atoms. The summed E-state index contributed by atoms with van der Waals surface area (Å²) in [5.41, 5.74) is 1.52.